The van der Waals surface area contributed by atoms with E-state index in [-0.39, 0.29) is 5.91 Å². The smallest absolute Gasteiger partial charge is 0.256 e. The summed E-state index contributed by atoms with van der Waals surface area (Å²) in [6.45, 7) is 5.02. The summed E-state index contributed by atoms with van der Waals surface area (Å²) < 4.78 is 10.8. The second kappa shape index (κ2) is 9.54. The number of amides is 1. The van der Waals surface area contributed by atoms with Gasteiger partial charge in [0.2, 0.25) is 0 Å². The molecule has 1 aromatic heterocycles. The predicted octanol–water partition coefficient (Wildman–Crippen LogP) is 3.85. The number of nitrogens with one attached hydrogen (secondary N) is 2. The van der Waals surface area contributed by atoms with Gasteiger partial charge in [-0.15, -0.1) is 10.2 Å². The molecule has 3 aromatic rings. The van der Waals surface area contributed by atoms with Crippen LogP contribution in [-0.4, -0.2) is 36.4 Å². The van der Waals surface area contributed by atoms with Crippen molar-refractivity contribution in [3.05, 3.63) is 71.3 Å². The topological polar surface area (TPSA) is 85.4 Å². The van der Waals surface area contributed by atoms with Crippen molar-refractivity contribution in [3.63, 3.8) is 0 Å². The van der Waals surface area contributed by atoms with Crippen molar-refractivity contribution in [2.75, 3.05) is 30.9 Å². The van der Waals surface area contributed by atoms with Crippen molar-refractivity contribution in [3.8, 4) is 11.5 Å². The Labute approximate surface area is 170 Å². The predicted molar refractivity (Wildman–Crippen MR) is 113 cm³/mol. The molecule has 7 nitrogen and oxygen atoms in total. The lowest BCUT2D eigenvalue weighted by Crippen LogP contribution is -2.15. The fraction of sp³-hybridized carbons (Fsp3) is 0.227. The van der Waals surface area contributed by atoms with Crippen LogP contribution in [0.2, 0.25) is 0 Å². The van der Waals surface area contributed by atoms with Gasteiger partial charge < -0.3 is 20.1 Å². The lowest BCUT2D eigenvalue weighted by atomic mass is 10.1. The zero-order chi connectivity index (χ0) is 20.6. The fourth-order valence-corrected chi connectivity index (χ4v) is 2.58. The third-order valence-corrected chi connectivity index (χ3v) is 4.41. The first-order valence-electron chi connectivity index (χ1n) is 9.28. The van der Waals surface area contributed by atoms with Gasteiger partial charge in [0.15, 0.2) is 5.82 Å². The SMILES string of the molecule is COc1ccc(OCCNc2ccc(NC(=O)c3ccc(C)c(C)c3)nn2)cc1. The Morgan fingerprint density at radius 2 is 1.59 bits per heavy atom. The van der Waals surface area contributed by atoms with Crippen LogP contribution in [0.1, 0.15) is 21.5 Å². The maximum Gasteiger partial charge on any atom is 0.256 e. The minimum atomic E-state index is -0.212. The Bertz CT molecular complexity index is 957. The van der Waals surface area contributed by atoms with Crippen LogP contribution in [0.25, 0.3) is 0 Å². The van der Waals surface area contributed by atoms with Crippen molar-refractivity contribution in [1.29, 1.82) is 0 Å². The quantitative estimate of drug-likeness (QED) is 0.567. The summed E-state index contributed by atoms with van der Waals surface area (Å²) in [5, 5.41) is 14.0. The first kappa shape index (κ1) is 20.1. The van der Waals surface area contributed by atoms with E-state index in [9.17, 15) is 4.79 Å². The molecule has 0 atom stereocenters. The molecule has 0 fully saturated rings. The molecule has 150 valence electrons. The number of hydrogen-bond donors (Lipinski definition) is 2. The highest BCUT2D eigenvalue weighted by molar-refractivity contribution is 6.03. The Morgan fingerprint density at radius 3 is 2.24 bits per heavy atom. The number of nitrogens with zero attached hydrogens (tertiary/aromatic N) is 2. The molecule has 3 rings (SSSR count). The molecule has 29 heavy (non-hydrogen) atoms. The third kappa shape index (κ3) is 5.68. The highest BCUT2D eigenvalue weighted by atomic mass is 16.5. The molecule has 7 heteroatoms. The van der Waals surface area contributed by atoms with Gasteiger partial charge in [-0.25, -0.2) is 0 Å². The molecular weight excluding hydrogens is 368 g/mol. The average molecular weight is 392 g/mol. The average Bonchev–Trinajstić information content (AvgIpc) is 2.74. The van der Waals surface area contributed by atoms with E-state index in [1.807, 2.05) is 50.2 Å². The van der Waals surface area contributed by atoms with Gasteiger partial charge in [0.25, 0.3) is 5.91 Å². The van der Waals surface area contributed by atoms with Crippen molar-refractivity contribution < 1.29 is 14.3 Å². The van der Waals surface area contributed by atoms with Crippen LogP contribution < -0.4 is 20.1 Å². The van der Waals surface area contributed by atoms with Gasteiger partial charge in [-0.3, -0.25) is 4.79 Å². The minimum Gasteiger partial charge on any atom is -0.497 e. The van der Waals surface area contributed by atoms with E-state index in [2.05, 4.69) is 20.8 Å². The van der Waals surface area contributed by atoms with Gasteiger partial charge in [-0.05, 0) is 73.5 Å². The lowest BCUT2D eigenvalue weighted by molar-refractivity contribution is 0.102. The molecule has 0 spiro atoms. The van der Waals surface area contributed by atoms with Crippen LogP contribution in [0.4, 0.5) is 11.6 Å². The first-order valence-corrected chi connectivity index (χ1v) is 9.28. The zero-order valence-corrected chi connectivity index (χ0v) is 16.7. The standard InChI is InChI=1S/C22H24N4O3/c1-15-4-5-17(14-16(15)2)22(27)24-21-11-10-20(25-26-21)23-12-13-29-19-8-6-18(28-3)7-9-19/h4-11,14H,12-13H2,1-3H3,(H,23,25)(H,24,26,27). The van der Waals surface area contributed by atoms with E-state index < -0.39 is 0 Å². The second-order valence-corrected chi connectivity index (χ2v) is 6.51. The maximum atomic E-state index is 12.3. The lowest BCUT2D eigenvalue weighted by Gasteiger charge is -2.09. The second-order valence-electron chi connectivity index (χ2n) is 6.51. The summed E-state index contributed by atoms with van der Waals surface area (Å²) >= 11 is 0. The number of carbonyl (C=O) groups excluding carboxylic acids is 1. The molecule has 2 N–H and O–H groups in total. The summed E-state index contributed by atoms with van der Waals surface area (Å²) in [5.41, 5.74) is 2.81. The largest absolute Gasteiger partial charge is 0.497 e. The van der Waals surface area contributed by atoms with E-state index in [4.69, 9.17) is 9.47 Å². The first-order chi connectivity index (χ1) is 14.0. The molecular formula is C22H24N4O3. The molecule has 0 aliphatic carbocycles. The number of aryl methyl sites for hydroxylation is 2. The number of aromatic nitrogens is 2. The Kier molecular flexibility index (Phi) is 6.63. The number of hydrogen-bond acceptors (Lipinski definition) is 6. The highest BCUT2D eigenvalue weighted by Crippen LogP contribution is 2.17. The van der Waals surface area contributed by atoms with E-state index >= 15 is 0 Å². The Hall–Kier alpha value is -3.61. The van der Waals surface area contributed by atoms with Crippen LogP contribution in [0.5, 0.6) is 11.5 Å². The molecule has 0 bridgehead atoms. The molecule has 1 amide bonds. The van der Waals surface area contributed by atoms with Crippen LogP contribution in [0.15, 0.2) is 54.6 Å². The summed E-state index contributed by atoms with van der Waals surface area (Å²) in [6.07, 6.45) is 0. The van der Waals surface area contributed by atoms with Crippen molar-refractivity contribution in [2.45, 2.75) is 13.8 Å². The van der Waals surface area contributed by atoms with E-state index in [0.29, 0.717) is 30.4 Å². The van der Waals surface area contributed by atoms with Crippen LogP contribution >= 0.6 is 0 Å². The summed E-state index contributed by atoms with van der Waals surface area (Å²) in [5.74, 6) is 2.34. The van der Waals surface area contributed by atoms with Crippen molar-refractivity contribution in [2.24, 2.45) is 0 Å². The molecule has 0 aliphatic rings. The van der Waals surface area contributed by atoms with Crippen LogP contribution in [-0.2, 0) is 0 Å². The third-order valence-electron chi connectivity index (χ3n) is 4.41. The molecule has 2 aromatic carbocycles. The molecule has 0 aliphatic heterocycles. The van der Waals surface area contributed by atoms with Crippen molar-refractivity contribution in [1.82, 2.24) is 10.2 Å². The Morgan fingerprint density at radius 1 is 0.897 bits per heavy atom. The summed E-state index contributed by atoms with van der Waals surface area (Å²) in [7, 11) is 1.63. The monoisotopic (exact) mass is 392 g/mol. The van der Waals surface area contributed by atoms with Gasteiger partial charge in [-0.1, -0.05) is 6.07 Å². The maximum absolute atomic E-state index is 12.3. The number of rotatable bonds is 8. The normalized spacial score (nSPS) is 10.3. The van der Waals surface area contributed by atoms with Crippen LogP contribution in [0, 0.1) is 13.8 Å². The molecule has 0 saturated carbocycles. The summed E-state index contributed by atoms with van der Waals surface area (Å²) in [6, 6.07) is 16.4. The number of anilines is 2. The number of ether oxygens (including phenoxy) is 2. The molecule has 0 unspecified atom stereocenters. The van der Waals surface area contributed by atoms with Crippen LogP contribution in [0.3, 0.4) is 0 Å². The van der Waals surface area contributed by atoms with E-state index in [1.54, 1.807) is 25.3 Å². The zero-order valence-electron chi connectivity index (χ0n) is 16.7. The van der Waals surface area contributed by atoms with E-state index in [1.165, 1.54) is 0 Å². The Balaban J connectivity index is 1.45. The number of methoxy groups -OCH3 is 1. The number of carbonyl (C=O) groups is 1. The van der Waals surface area contributed by atoms with Crippen molar-refractivity contribution >= 4 is 17.5 Å². The molecule has 0 saturated heterocycles. The molecule has 0 radical (unpaired) electrons. The summed E-state index contributed by atoms with van der Waals surface area (Å²) in [4.78, 5) is 12.3. The van der Waals surface area contributed by atoms with Gasteiger partial charge in [-0.2, -0.15) is 0 Å². The van der Waals surface area contributed by atoms with E-state index in [0.717, 1.165) is 22.6 Å². The van der Waals surface area contributed by atoms with Gasteiger partial charge in [0.1, 0.15) is 23.9 Å². The molecule has 1 heterocycles. The number of benzene rings is 2. The van der Waals surface area contributed by atoms with Gasteiger partial charge in [0, 0.05) is 5.56 Å². The minimum absolute atomic E-state index is 0.212. The van der Waals surface area contributed by atoms with Gasteiger partial charge >= 0.3 is 0 Å². The highest BCUT2D eigenvalue weighted by Gasteiger charge is 2.08. The van der Waals surface area contributed by atoms with Gasteiger partial charge in [0.05, 0.1) is 13.7 Å². The fourth-order valence-electron chi connectivity index (χ4n) is 2.58.